The molecule has 6 heterocycles. The monoisotopic (exact) mass is 948 g/mol. The van der Waals surface area contributed by atoms with E-state index in [0.717, 1.165) is 77.9 Å². The van der Waals surface area contributed by atoms with Crippen molar-refractivity contribution >= 4 is 43.6 Å². The number of pyridine rings is 2. The largest absolute Gasteiger partial charge is 0.309 e. The molecule has 0 amide bonds. The molecule has 0 N–H and O–H groups in total. The molecule has 74 heavy (non-hydrogen) atoms. The van der Waals surface area contributed by atoms with Gasteiger partial charge in [-0.3, -0.25) is 9.97 Å². The van der Waals surface area contributed by atoms with Gasteiger partial charge in [-0.2, -0.15) is 0 Å². The minimum Gasteiger partial charge on any atom is -0.309 e. The lowest BCUT2D eigenvalue weighted by molar-refractivity contribution is 1.07. The summed E-state index contributed by atoms with van der Waals surface area (Å²) < 4.78 is 4.68. The van der Waals surface area contributed by atoms with Gasteiger partial charge in [0.1, 0.15) is 0 Å². The minimum absolute atomic E-state index is 0.576. The SMILES string of the molecule is c1ccc(-c2nc(-c3ccc(-n4c5ccccc5c5cc(-c6ccc7c(c6)c6ccccc6n7-c6ccc(-c7nc(-c8ccccc8)nc(-c8cccnc8)n7)cc6)ccc54)cc3)nc(-c3cccnc3)n2)cc1. The van der Waals surface area contributed by atoms with Gasteiger partial charge in [0, 0.05) is 91.1 Å². The summed E-state index contributed by atoms with van der Waals surface area (Å²) in [5, 5.41) is 4.72. The van der Waals surface area contributed by atoms with Crippen molar-refractivity contribution in [3.8, 4) is 90.8 Å². The van der Waals surface area contributed by atoms with Crippen LogP contribution in [0.15, 0.2) is 243 Å². The normalized spacial score (nSPS) is 11.5. The number of nitrogens with zero attached hydrogens (tertiary/aromatic N) is 10. The Morgan fingerprint density at radius 2 is 0.541 bits per heavy atom. The van der Waals surface area contributed by atoms with Crippen LogP contribution in [-0.2, 0) is 0 Å². The van der Waals surface area contributed by atoms with Crippen molar-refractivity contribution < 1.29 is 0 Å². The topological polar surface area (TPSA) is 113 Å². The van der Waals surface area contributed by atoms with Crippen molar-refractivity contribution in [2.45, 2.75) is 0 Å². The Kier molecular flexibility index (Phi) is 10.2. The van der Waals surface area contributed by atoms with Gasteiger partial charge >= 0.3 is 0 Å². The van der Waals surface area contributed by atoms with Crippen LogP contribution in [0.3, 0.4) is 0 Å². The molecule has 0 aliphatic carbocycles. The van der Waals surface area contributed by atoms with Crippen LogP contribution in [0.1, 0.15) is 0 Å². The molecule has 14 rings (SSSR count). The van der Waals surface area contributed by atoms with Crippen molar-refractivity contribution in [1.82, 2.24) is 49.0 Å². The highest BCUT2D eigenvalue weighted by atomic mass is 15.0. The van der Waals surface area contributed by atoms with E-state index in [1.165, 1.54) is 21.5 Å². The van der Waals surface area contributed by atoms with Crippen molar-refractivity contribution in [1.29, 1.82) is 0 Å². The molecule has 0 aliphatic rings. The molecular weight excluding hydrogens is 909 g/mol. The van der Waals surface area contributed by atoms with E-state index in [4.69, 9.17) is 29.9 Å². The fourth-order valence-electron chi connectivity index (χ4n) is 10.1. The Balaban J connectivity index is 0.814. The van der Waals surface area contributed by atoms with Crippen LogP contribution >= 0.6 is 0 Å². The average molecular weight is 949 g/mol. The zero-order chi connectivity index (χ0) is 49.0. The van der Waals surface area contributed by atoms with Crippen LogP contribution in [0.4, 0.5) is 0 Å². The molecule has 0 atom stereocenters. The van der Waals surface area contributed by atoms with Crippen LogP contribution < -0.4 is 0 Å². The summed E-state index contributed by atoms with van der Waals surface area (Å²) >= 11 is 0. The highest BCUT2D eigenvalue weighted by molar-refractivity contribution is 6.12. The van der Waals surface area contributed by atoms with E-state index in [1.807, 2.05) is 84.9 Å². The fourth-order valence-corrected chi connectivity index (χ4v) is 10.1. The van der Waals surface area contributed by atoms with Gasteiger partial charge in [0.15, 0.2) is 34.9 Å². The molecule has 0 aliphatic heterocycles. The van der Waals surface area contributed by atoms with Gasteiger partial charge < -0.3 is 9.13 Å². The molecule has 0 bridgehead atoms. The highest BCUT2D eigenvalue weighted by Gasteiger charge is 2.19. The van der Waals surface area contributed by atoms with E-state index in [0.29, 0.717) is 34.9 Å². The predicted molar refractivity (Wildman–Crippen MR) is 296 cm³/mol. The zero-order valence-corrected chi connectivity index (χ0v) is 39.6. The molecule has 8 aromatic carbocycles. The standard InChI is InChI=1S/C64H40N10/c1-3-13-41(14-4-1)59-67-61(71-63(69-59)47-17-11-35-65-39-47)43-23-29-49(30-24-43)73-55-21-9-7-19-51(55)53-37-45(27-33-57(53)73)46-28-34-58-54(38-46)52-20-8-10-22-56(52)74(58)50-31-25-44(26-32-50)62-68-60(42-15-5-2-6-16-42)70-64(72-62)48-18-12-36-66-40-48/h1-40H. The number of aromatic nitrogens is 10. The summed E-state index contributed by atoms with van der Waals surface area (Å²) in [6.45, 7) is 0. The summed E-state index contributed by atoms with van der Waals surface area (Å²) in [4.78, 5) is 38.2. The van der Waals surface area contributed by atoms with Crippen LogP contribution in [0, 0.1) is 0 Å². The highest BCUT2D eigenvalue weighted by Crippen LogP contribution is 2.39. The van der Waals surface area contributed by atoms with Gasteiger partial charge in [0.25, 0.3) is 0 Å². The maximum atomic E-state index is 4.96. The lowest BCUT2D eigenvalue weighted by Gasteiger charge is -2.11. The molecule has 14 aromatic rings. The summed E-state index contributed by atoms with van der Waals surface area (Å²) in [6.07, 6.45) is 7.07. The van der Waals surface area contributed by atoms with Gasteiger partial charge in [-0.25, -0.2) is 29.9 Å². The van der Waals surface area contributed by atoms with Crippen LogP contribution in [0.25, 0.3) is 134 Å². The number of fused-ring (bicyclic) bond motifs is 6. The summed E-state index contributed by atoms with van der Waals surface area (Å²) in [5.41, 5.74) is 14.2. The van der Waals surface area contributed by atoms with Crippen LogP contribution in [-0.4, -0.2) is 49.0 Å². The molecule has 0 saturated heterocycles. The number of hydrogen-bond acceptors (Lipinski definition) is 8. The molecule has 10 nitrogen and oxygen atoms in total. The van der Waals surface area contributed by atoms with E-state index in [1.54, 1.807) is 24.8 Å². The van der Waals surface area contributed by atoms with Gasteiger partial charge in [-0.15, -0.1) is 0 Å². The third-order valence-corrected chi connectivity index (χ3v) is 13.6. The number of para-hydroxylation sites is 2. The molecule has 0 radical (unpaired) electrons. The third-order valence-electron chi connectivity index (χ3n) is 13.6. The lowest BCUT2D eigenvalue weighted by atomic mass is 10.0. The first-order chi connectivity index (χ1) is 36.7. The van der Waals surface area contributed by atoms with E-state index >= 15 is 0 Å². The Morgan fingerprint density at radius 3 is 0.919 bits per heavy atom. The quantitative estimate of drug-likeness (QED) is 0.141. The molecule has 10 heteroatoms. The van der Waals surface area contributed by atoms with E-state index in [2.05, 4.69) is 153 Å². The van der Waals surface area contributed by atoms with Crippen LogP contribution in [0.2, 0.25) is 0 Å². The first-order valence-corrected chi connectivity index (χ1v) is 24.4. The van der Waals surface area contributed by atoms with Gasteiger partial charge in [-0.05, 0) is 120 Å². The summed E-state index contributed by atoms with van der Waals surface area (Å²) in [6, 6.07) is 75.7. The molecule has 346 valence electrons. The molecular formula is C64H40N10. The van der Waals surface area contributed by atoms with Gasteiger partial charge in [-0.1, -0.05) is 109 Å². The Labute approximate surface area is 424 Å². The minimum atomic E-state index is 0.576. The number of rotatable bonds is 9. The zero-order valence-electron chi connectivity index (χ0n) is 39.6. The van der Waals surface area contributed by atoms with Gasteiger partial charge in [0.05, 0.1) is 22.1 Å². The molecule has 0 spiro atoms. The average Bonchev–Trinajstić information content (AvgIpc) is 4.02. The number of benzene rings is 8. The first-order valence-electron chi connectivity index (χ1n) is 24.4. The second-order valence-electron chi connectivity index (χ2n) is 18.1. The van der Waals surface area contributed by atoms with E-state index in [9.17, 15) is 0 Å². The molecule has 0 unspecified atom stereocenters. The summed E-state index contributed by atoms with van der Waals surface area (Å²) in [7, 11) is 0. The maximum Gasteiger partial charge on any atom is 0.165 e. The van der Waals surface area contributed by atoms with Crippen molar-refractivity contribution in [3.63, 3.8) is 0 Å². The fraction of sp³-hybridized carbons (Fsp3) is 0. The van der Waals surface area contributed by atoms with Crippen molar-refractivity contribution in [2.75, 3.05) is 0 Å². The van der Waals surface area contributed by atoms with E-state index in [-0.39, 0.29) is 0 Å². The predicted octanol–water partition coefficient (Wildman–Crippen LogP) is 14.7. The lowest BCUT2D eigenvalue weighted by Crippen LogP contribution is -2.00. The summed E-state index contributed by atoms with van der Waals surface area (Å²) in [5.74, 6) is 3.57. The second-order valence-corrected chi connectivity index (χ2v) is 18.1. The maximum absolute atomic E-state index is 4.96. The van der Waals surface area contributed by atoms with Gasteiger partial charge in [0.2, 0.25) is 0 Å². The molecule has 6 aromatic heterocycles. The Hall–Kier alpha value is -10.3. The smallest absolute Gasteiger partial charge is 0.165 e. The van der Waals surface area contributed by atoms with Crippen LogP contribution in [0.5, 0.6) is 0 Å². The molecule has 0 fully saturated rings. The van der Waals surface area contributed by atoms with Crippen molar-refractivity contribution in [3.05, 3.63) is 243 Å². The second kappa shape index (κ2) is 17.8. The number of hydrogen-bond donors (Lipinski definition) is 0. The first kappa shape index (κ1) is 42.5. The van der Waals surface area contributed by atoms with Crippen molar-refractivity contribution in [2.24, 2.45) is 0 Å². The Morgan fingerprint density at radius 1 is 0.230 bits per heavy atom. The third kappa shape index (κ3) is 7.53. The Bertz CT molecular complexity index is 3990. The van der Waals surface area contributed by atoms with E-state index < -0.39 is 0 Å². The molecule has 0 saturated carbocycles.